The zero-order valence-corrected chi connectivity index (χ0v) is 28.0. The van der Waals surface area contributed by atoms with Crippen molar-refractivity contribution in [3.8, 4) is 11.5 Å². The number of hydrogen-bond donors (Lipinski definition) is 0. The van der Waals surface area contributed by atoms with Crippen LogP contribution in [0.3, 0.4) is 0 Å². The van der Waals surface area contributed by atoms with Crippen molar-refractivity contribution in [2.45, 2.75) is 101 Å². The Morgan fingerprint density at radius 2 is 1.23 bits per heavy atom. The van der Waals surface area contributed by atoms with Gasteiger partial charge in [-0.3, -0.25) is 0 Å². The second-order valence-corrected chi connectivity index (χ2v) is 29.0. The average molecular weight is 624 g/mol. The van der Waals surface area contributed by atoms with Crippen molar-refractivity contribution in [3.63, 3.8) is 0 Å². The second-order valence-electron chi connectivity index (χ2n) is 11.3. The van der Waals surface area contributed by atoms with Crippen LogP contribution in [-0.4, -0.2) is 31.6 Å². The number of unbranched alkanes of at least 4 members (excludes halogenated alkanes) is 2. The summed E-state index contributed by atoms with van der Waals surface area (Å²) >= 11 is 1.61. The Morgan fingerprint density at radius 1 is 0.743 bits per heavy atom. The molecule has 1 aromatic carbocycles. The third-order valence-corrected chi connectivity index (χ3v) is 18.9. The molecule has 0 fully saturated rings. The number of aryl methyl sites for hydroxylation is 1. The minimum absolute atomic E-state index is 0.626. The molecule has 0 aliphatic rings. The zero-order valence-electron chi connectivity index (χ0n) is 23.5. The Morgan fingerprint density at radius 3 is 1.69 bits per heavy atom. The van der Waals surface area contributed by atoms with Crippen molar-refractivity contribution < 1.29 is 9.47 Å². The van der Waals surface area contributed by atoms with Crippen LogP contribution >= 0.6 is 22.7 Å². The predicted octanol–water partition coefficient (Wildman–Crippen LogP) is 10.2. The molecule has 2 unspecified atom stereocenters. The first-order chi connectivity index (χ1) is 16.7. The average Bonchev–Trinajstić information content (AvgIpc) is 3.43. The maximum absolute atomic E-state index is 6.76. The van der Waals surface area contributed by atoms with E-state index < -0.39 is 18.4 Å². The predicted molar refractivity (Wildman–Crippen MR) is 163 cm³/mol. The fourth-order valence-electron chi connectivity index (χ4n) is 4.68. The summed E-state index contributed by atoms with van der Waals surface area (Å²) < 4.78 is 17.7. The van der Waals surface area contributed by atoms with Crippen molar-refractivity contribution in [1.82, 2.24) is 0 Å². The number of rotatable bonds is 15. The summed E-state index contributed by atoms with van der Waals surface area (Å²) in [7, 11) is 0. The molecule has 196 valence electrons. The van der Waals surface area contributed by atoms with Crippen molar-refractivity contribution in [3.05, 3.63) is 17.0 Å². The van der Waals surface area contributed by atoms with E-state index in [1.807, 2.05) is 22.7 Å². The van der Waals surface area contributed by atoms with E-state index in [4.69, 9.17) is 9.47 Å². The Kier molecular flexibility index (Phi) is 11.1. The summed E-state index contributed by atoms with van der Waals surface area (Å²) in [6.45, 7) is 13.0. The number of fused-ring (bicyclic) bond motifs is 2. The molecule has 0 amide bonds. The second kappa shape index (κ2) is 13.4. The van der Waals surface area contributed by atoms with E-state index in [2.05, 4.69) is 61.6 Å². The fourth-order valence-corrected chi connectivity index (χ4v) is 12.1. The van der Waals surface area contributed by atoms with Crippen LogP contribution in [0.4, 0.5) is 0 Å². The fraction of sp³-hybridized carbons (Fsp3) is 0.667. The Bertz CT molecular complexity index is 1000. The van der Waals surface area contributed by atoms with Crippen LogP contribution in [0, 0.1) is 18.8 Å². The van der Waals surface area contributed by atoms with Crippen LogP contribution < -0.4 is 12.4 Å². The van der Waals surface area contributed by atoms with E-state index in [1.165, 1.54) is 76.4 Å². The standard InChI is InChI=1S/C27H39O2S2.3CH3.Sn/c1-6-10-12-20(8-3)17-28-24-22-14-15-30-26(22)25(23-16-19(5)31-27(23)24)29-18-21(9-4)13-11-7-2;;;;/h14,16,20-21H,6-13,17-18H2,1-5H3;3*1H3;. The van der Waals surface area contributed by atoms with Gasteiger partial charge in [-0.15, -0.1) is 0 Å². The van der Waals surface area contributed by atoms with Gasteiger partial charge in [-0.25, -0.2) is 0 Å². The summed E-state index contributed by atoms with van der Waals surface area (Å²) in [6.07, 6.45) is 9.96. The molecule has 5 heteroatoms. The molecule has 0 spiro atoms. The first-order valence-electron chi connectivity index (χ1n) is 14.0. The van der Waals surface area contributed by atoms with E-state index >= 15 is 0 Å². The molecule has 0 saturated heterocycles. The van der Waals surface area contributed by atoms with Crippen molar-refractivity contribution >= 4 is 64.1 Å². The SMILES string of the molecule is CCCCC(CC)COc1c2c[c]([Sn]([CH3])([CH3])[CH3])sc2c(OCC(CC)CCCC)c2cc(C)sc12. The number of hydrogen-bond acceptors (Lipinski definition) is 4. The van der Waals surface area contributed by atoms with Crippen molar-refractivity contribution in [1.29, 1.82) is 0 Å². The van der Waals surface area contributed by atoms with Crippen LogP contribution in [0.2, 0.25) is 14.8 Å². The van der Waals surface area contributed by atoms with Gasteiger partial charge in [0.1, 0.15) is 0 Å². The van der Waals surface area contributed by atoms with Gasteiger partial charge < -0.3 is 0 Å². The molecular weight excluding hydrogens is 575 g/mol. The van der Waals surface area contributed by atoms with Crippen molar-refractivity contribution in [2.24, 2.45) is 11.8 Å². The molecule has 3 aromatic rings. The first kappa shape index (κ1) is 29.1. The Balaban J connectivity index is 2.07. The van der Waals surface area contributed by atoms with Gasteiger partial charge in [-0.1, -0.05) is 0 Å². The molecular formula is C30H48O2S2Sn. The molecule has 0 saturated carbocycles. The van der Waals surface area contributed by atoms with Crippen LogP contribution in [0.15, 0.2) is 12.1 Å². The molecule has 2 heterocycles. The van der Waals surface area contributed by atoms with E-state index in [-0.39, 0.29) is 0 Å². The van der Waals surface area contributed by atoms with E-state index in [9.17, 15) is 0 Å². The van der Waals surface area contributed by atoms with Gasteiger partial charge >= 0.3 is 228 Å². The van der Waals surface area contributed by atoms with Gasteiger partial charge in [0, 0.05) is 0 Å². The number of benzene rings is 1. The third kappa shape index (κ3) is 7.31. The van der Waals surface area contributed by atoms with Crippen LogP contribution in [0.1, 0.15) is 83.9 Å². The van der Waals surface area contributed by atoms with Crippen molar-refractivity contribution in [2.75, 3.05) is 13.2 Å². The molecule has 0 radical (unpaired) electrons. The summed E-state index contributed by atoms with van der Waals surface area (Å²) in [5.41, 5.74) is 0. The van der Waals surface area contributed by atoms with Gasteiger partial charge in [0.15, 0.2) is 0 Å². The van der Waals surface area contributed by atoms with E-state index in [1.54, 1.807) is 2.89 Å². The summed E-state index contributed by atoms with van der Waals surface area (Å²) in [6, 6.07) is 4.82. The number of ether oxygens (including phenoxy) is 2. The molecule has 3 rings (SSSR count). The van der Waals surface area contributed by atoms with E-state index in [0.717, 1.165) is 24.7 Å². The summed E-state index contributed by atoms with van der Waals surface area (Å²) in [5, 5.41) is 2.56. The van der Waals surface area contributed by atoms with Crippen LogP contribution in [-0.2, 0) is 0 Å². The van der Waals surface area contributed by atoms with Gasteiger partial charge in [-0.05, 0) is 0 Å². The number of thiophene rings is 2. The first-order valence-corrected chi connectivity index (χ1v) is 25.6. The monoisotopic (exact) mass is 624 g/mol. The molecule has 2 aromatic heterocycles. The van der Waals surface area contributed by atoms with Gasteiger partial charge in [0.2, 0.25) is 0 Å². The zero-order chi connectivity index (χ0) is 25.6. The molecule has 35 heavy (non-hydrogen) atoms. The Hall–Kier alpha value is -0.461. The normalized spacial score (nSPS) is 14.1. The molecule has 0 aliphatic carbocycles. The van der Waals surface area contributed by atoms with Crippen LogP contribution in [0.5, 0.6) is 11.5 Å². The third-order valence-electron chi connectivity index (χ3n) is 7.24. The Labute approximate surface area is 226 Å². The molecule has 0 bridgehead atoms. The summed E-state index contributed by atoms with van der Waals surface area (Å²) in [5.74, 6) is 3.49. The minimum atomic E-state index is -2.25. The van der Waals surface area contributed by atoms with Gasteiger partial charge in [-0.2, -0.15) is 0 Å². The molecule has 2 atom stereocenters. The van der Waals surface area contributed by atoms with Gasteiger partial charge in [0.25, 0.3) is 0 Å². The topological polar surface area (TPSA) is 18.5 Å². The maximum atomic E-state index is 6.76. The van der Waals surface area contributed by atoms with Gasteiger partial charge in [0.05, 0.1) is 0 Å². The molecule has 0 aliphatic heterocycles. The molecule has 2 nitrogen and oxygen atoms in total. The summed E-state index contributed by atoms with van der Waals surface area (Å²) in [4.78, 5) is 8.88. The molecule has 0 N–H and O–H groups in total. The van der Waals surface area contributed by atoms with E-state index in [0.29, 0.717) is 11.8 Å². The van der Waals surface area contributed by atoms with Crippen LogP contribution in [0.25, 0.3) is 20.2 Å². The quantitative estimate of drug-likeness (QED) is 0.157.